The summed E-state index contributed by atoms with van der Waals surface area (Å²) in [5.74, 6) is 0.827. The standard InChI is InChI=1S/C24H28N2O7S/c1-14-7-8-17(23-15(2)16(3)26-33-23)11-21(14)34(28,29)10-9-22(27)25-18-12-19(30-4)24(32-6)20(13-18)31-5/h7-8,11-13H,9-10H2,1-6H3,(H,25,27). The van der Waals surface area contributed by atoms with E-state index in [1.165, 1.54) is 21.3 Å². The lowest BCUT2D eigenvalue weighted by atomic mass is 10.1. The van der Waals surface area contributed by atoms with Crippen LogP contribution in [0.5, 0.6) is 17.2 Å². The molecule has 1 amide bonds. The van der Waals surface area contributed by atoms with Crippen molar-refractivity contribution < 1.29 is 31.9 Å². The predicted molar refractivity (Wildman–Crippen MR) is 128 cm³/mol. The van der Waals surface area contributed by atoms with Gasteiger partial charge in [0, 0.05) is 35.4 Å². The third-order valence-electron chi connectivity index (χ3n) is 5.49. The first-order valence-corrected chi connectivity index (χ1v) is 12.1. The van der Waals surface area contributed by atoms with Crippen LogP contribution in [0.15, 0.2) is 39.8 Å². The molecule has 0 saturated heterocycles. The highest BCUT2D eigenvalue weighted by atomic mass is 32.2. The van der Waals surface area contributed by atoms with Gasteiger partial charge in [-0.25, -0.2) is 8.42 Å². The monoisotopic (exact) mass is 488 g/mol. The Bertz CT molecular complexity index is 1290. The number of carbonyl (C=O) groups is 1. The van der Waals surface area contributed by atoms with Gasteiger partial charge in [0.2, 0.25) is 11.7 Å². The molecule has 0 unspecified atom stereocenters. The maximum Gasteiger partial charge on any atom is 0.225 e. The number of methoxy groups -OCH3 is 3. The highest BCUT2D eigenvalue weighted by Gasteiger charge is 2.22. The number of aryl methyl sites for hydroxylation is 2. The van der Waals surface area contributed by atoms with E-state index in [0.29, 0.717) is 39.8 Å². The summed E-state index contributed by atoms with van der Waals surface area (Å²) in [5.41, 5.74) is 3.18. The van der Waals surface area contributed by atoms with E-state index in [-0.39, 0.29) is 17.1 Å². The maximum atomic E-state index is 13.1. The van der Waals surface area contributed by atoms with Gasteiger partial charge in [-0.05, 0) is 32.4 Å². The summed E-state index contributed by atoms with van der Waals surface area (Å²) in [4.78, 5) is 12.7. The van der Waals surface area contributed by atoms with Crippen molar-refractivity contribution in [3.05, 3.63) is 47.2 Å². The largest absolute Gasteiger partial charge is 0.493 e. The van der Waals surface area contributed by atoms with Crippen LogP contribution in [0.2, 0.25) is 0 Å². The Hall–Kier alpha value is -3.53. The minimum Gasteiger partial charge on any atom is -0.493 e. The fraction of sp³-hybridized carbons (Fsp3) is 0.333. The molecular weight excluding hydrogens is 460 g/mol. The zero-order valence-electron chi connectivity index (χ0n) is 20.0. The summed E-state index contributed by atoms with van der Waals surface area (Å²) in [6, 6.07) is 8.22. The second-order valence-corrected chi connectivity index (χ2v) is 9.81. The molecule has 3 rings (SSSR count). The molecule has 0 aliphatic rings. The number of sulfone groups is 1. The van der Waals surface area contributed by atoms with Gasteiger partial charge in [-0.1, -0.05) is 17.3 Å². The fourth-order valence-corrected chi connectivity index (χ4v) is 5.01. The second-order valence-electron chi connectivity index (χ2n) is 7.73. The molecule has 0 atom stereocenters. The van der Waals surface area contributed by atoms with Crippen molar-refractivity contribution in [2.45, 2.75) is 32.1 Å². The van der Waals surface area contributed by atoms with Gasteiger partial charge >= 0.3 is 0 Å². The average molecular weight is 489 g/mol. The van der Waals surface area contributed by atoms with Crippen LogP contribution in [0.25, 0.3) is 11.3 Å². The first kappa shape index (κ1) is 25.1. The molecule has 0 saturated carbocycles. The van der Waals surface area contributed by atoms with E-state index in [2.05, 4.69) is 10.5 Å². The number of amides is 1. The second kappa shape index (κ2) is 10.2. The molecule has 3 aromatic rings. The molecule has 182 valence electrons. The number of aromatic nitrogens is 1. The van der Waals surface area contributed by atoms with Gasteiger partial charge in [-0.2, -0.15) is 0 Å². The summed E-state index contributed by atoms with van der Waals surface area (Å²) >= 11 is 0. The van der Waals surface area contributed by atoms with E-state index in [1.54, 1.807) is 37.3 Å². The molecule has 0 spiro atoms. The van der Waals surface area contributed by atoms with Crippen molar-refractivity contribution in [1.82, 2.24) is 5.16 Å². The lowest BCUT2D eigenvalue weighted by Crippen LogP contribution is -2.18. The minimum absolute atomic E-state index is 0.152. The molecular formula is C24H28N2O7S. The summed E-state index contributed by atoms with van der Waals surface area (Å²) in [7, 11) is 0.666. The number of hydrogen-bond donors (Lipinski definition) is 1. The Balaban J connectivity index is 1.77. The quantitative estimate of drug-likeness (QED) is 0.479. The highest BCUT2D eigenvalue weighted by molar-refractivity contribution is 7.91. The van der Waals surface area contributed by atoms with Gasteiger partial charge < -0.3 is 24.1 Å². The molecule has 10 heteroatoms. The minimum atomic E-state index is -3.74. The number of rotatable bonds is 9. The van der Waals surface area contributed by atoms with E-state index >= 15 is 0 Å². The Morgan fingerprint density at radius 2 is 1.65 bits per heavy atom. The molecule has 0 aliphatic carbocycles. The van der Waals surface area contributed by atoms with E-state index in [9.17, 15) is 13.2 Å². The van der Waals surface area contributed by atoms with Crippen molar-refractivity contribution in [1.29, 1.82) is 0 Å². The van der Waals surface area contributed by atoms with Gasteiger partial charge in [0.1, 0.15) is 0 Å². The molecule has 1 heterocycles. The summed E-state index contributed by atoms with van der Waals surface area (Å²) < 4.78 is 47.4. The number of ether oxygens (including phenoxy) is 3. The van der Waals surface area contributed by atoms with E-state index in [1.807, 2.05) is 13.8 Å². The number of benzene rings is 2. The number of carbonyl (C=O) groups excluding carboxylic acids is 1. The van der Waals surface area contributed by atoms with Gasteiger partial charge in [-0.3, -0.25) is 4.79 Å². The van der Waals surface area contributed by atoms with E-state index in [4.69, 9.17) is 18.7 Å². The lowest BCUT2D eigenvalue weighted by Gasteiger charge is -2.15. The molecule has 0 radical (unpaired) electrons. The van der Waals surface area contributed by atoms with Crippen molar-refractivity contribution in [2.24, 2.45) is 0 Å². The highest BCUT2D eigenvalue weighted by Crippen LogP contribution is 2.40. The van der Waals surface area contributed by atoms with E-state index < -0.39 is 15.7 Å². The summed E-state index contributed by atoms with van der Waals surface area (Å²) in [5, 5.41) is 6.63. The molecule has 0 aliphatic heterocycles. The number of nitrogens with one attached hydrogen (secondary N) is 1. The molecule has 1 aromatic heterocycles. The van der Waals surface area contributed by atoms with Gasteiger partial charge in [-0.15, -0.1) is 0 Å². The number of nitrogens with zero attached hydrogens (tertiary/aromatic N) is 1. The maximum absolute atomic E-state index is 13.1. The zero-order chi connectivity index (χ0) is 25.0. The van der Waals surface area contributed by atoms with Crippen LogP contribution in [0.4, 0.5) is 5.69 Å². The van der Waals surface area contributed by atoms with Crippen LogP contribution < -0.4 is 19.5 Å². The Morgan fingerprint density at radius 1 is 1.00 bits per heavy atom. The van der Waals surface area contributed by atoms with Crippen LogP contribution >= 0.6 is 0 Å². The van der Waals surface area contributed by atoms with Crippen molar-refractivity contribution in [3.8, 4) is 28.6 Å². The van der Waals surface area contributed by atoms with Gasteiger partial charge in [0.15, 0.2) is 27.1 Å². The van der Waals surface area contributed by atoms with Crippen LogP contribution in [0, 0.1) is 20.8 Å². The molecule has 0 bridgehead atoms. The third-order valence-corrected chi connectivity index (χ3v) is 7.34. The fourth-order valence-electron chi connectivity index (χ4n) is 3.47. The van der Waals surface area contributed by atoms with Crippen molar-refractivity contribution >= 4 is 21.4 Å². The molecule has 0 fully saturated rings. The molecule has 1 N–H and O–H groups in total. The number of anilines is 1. The summed E-state index contributed by atoms with van der Waals surface area (Å²) in [6.07, 6.45) is -0.233. The van der Waals surface area contributed by atoms with Gasteiger partial charge in [0.05, 0.1) is 37.7 Å². The normalized spacial score (nSPS) is 11.2. The number of hydrogen-bond acceptors (Lipinski definition) is 8. The lowest BCUT2D eigenvalue weighted by molar-refractivity contribution is -0.115. The Morgan fingerprint density at radius 3 is 2.18 bits per heavy atom. The molecule has 2 aromatic carbocycles. The smallest absolute Gasteiger partial charge is 0.225 e. The van der Waals surface area contributed by atoms with Crippen molar-refractivity contribution in [2.75, 3.05) is 32.4 Å². The van der Waals surface area contributed by atoms with E-state index in [0.717, 1.165) is 11.3 Å². The van der Waals surface area contributed by atoms with Gasteiger partial charge in [0.25, 0.3) is 0 Å². The van der Waals surface area contributed by atoms with Crippen molar-refractivity contribution in [3.63, 3.8) is 0 Å². The average Bonchev–Trinajstić information content (AvgIpc) is 3.15. The predicted octanol–water partition coefficient (Wildman–Crippen LogP) is 4.10. The SMILES string of the molecule is COc1cc(NC(=O)CCS(=O)(=O)c2cc(-c3onc(C)c3C)ccc2C)cc(OC)c1OC. The molecule has 34 heavy (non-hydrogen) atoms. The zero-order valence-corrected chi connectivity index (χ0v) is 20.8. The van der Waals surface area contributed by atoms with Crippen LogP contribution in [-0.4, -0.2) is 46.6 Å². The van der Waals surface area contributed by atoms with Crippen LogP contribution in [-0.2, 0) is 14.6 Å². The van der Waals surface area contributed by atoms with Crippen LogP contribution in [0.1, 0.15) is 23.2 Å². The Labute approximate surface area is 198 Å². The van der Waals surface area contributed by atoms with Crippen LogP contribution in [0.3, 0.4) is 0 Å². The molecule has 9 nitrogen and oxygen atoms in total. The first-order chi connectivity index (χ1) is 16.1. The third kappa shape index (κ3) is 5.17. The summed E-state index contributed by atoms with van der Waals surface area (Å²) in [6.45, 7) is 5.40. The Kier molecular flexibility index (Phi) is 7.51. The first-order valence-electron chi connectivity index (χ1n) is 10.5. The topological polar surface area (TPSA) is 117 Å².